The summed E-state index contributed by atoms with van der Waals surface area (Å²) in [7, 11) is 0. The average Bonchev–Trinajstić information content (AvgIpc) is 1.69. The van der Waals surface area contributed by atoms with Crippen LogP contribution in [0.2, 0.25) is 0 Å². The Morgan fingerprint density at radius 1 is 0.750 bits per heavy atom. The molecule has 0 saturated heterocycles. The van der Waals surface area contributed by atoms with Crippen molar-refractivity contribution in [1.82, 2.24) is 0 Å². The molecule has 0 saturated carbocycles. The molecule has 8 heavy (non-hydrogen) atoms. The summed E-state index contributed by atoms with van der Waals surface area (Å²) in [4.78, 5) is 0. The molecule has 0 heterocycles. The van der Waals surface area contributed by atoms with Gasteiger partial charge in [0.15, 0.2) is 0 Å². The van der Waals surface area contributed by atoms with Crippen LogP contribution in [0.25, 0.3) is 0 Å². The molecule has 0 aliphatic heterocycles. The second-order valence-corrected chi connectivity index (χ2v) is 2.06. The molecule has 0 rings (SSSR count). The fraction of sp³-hybridized carbons (Fsp3) is 1.00. The van der Waals surface area contributed by atoms with E-state index in [1.807, 2.05) is 0 Å². The van der Waals surface area contributed by atoms with Crippen molar-refractivity contribution in [3.05, 3.63) is 0 Å². The van der Waals surface area contributed by atoms with E-state index in [1.54, 1.807) is 0 Å². The molecule has 0 unspecified atom stereocenters. The molecule has 0 aliphatic carbocycles. The van der Waals surface area contributed by atoms with E-state index in [4.69, 9.17) is 0 Å². The molecule has 1 heteroatoms. The third-order valence-electron chi connectivity index (χ3n) is 1.21. The van der Waals surface area contributed by atoms with Gasteiger partial charge in [-0.25, -0.2) is 0 Å². The Hall–Kier alpha value is 1.26. The molecule has 0 bridgehead atoms. The third-order valence-corrected chi connectivity index (χ3v) is 1.21. The van der Waals surface area contributed by atoms with Gasteiger partial charge in [-0.3, -0.25) is 0 Å². The zero-order chi connectivity index (χ0) is 5.54. The van der Waals surface area contributed by atoms with E-state index in [1.165, 1.54) is 32.1 Å². The first-order valence-electron chi connectivity index (χ1n) is 3.41. The van der Waals surface area contributed by atoms with Gasteiger partial charge in [-0.15, -0.1) is 0 Å². The van der Waals surface area contributed by atoms with Crippen molar-refractivity contribution in [2.75, 3.05) is 0 Å². The maximum atomic E-state index is 2.25. The molecule has 0 spiro atoms. The normalized spacial score (nSPS) is 8.25. The van der Waals surface area contributed by atoms with Crippen LogP contribution in [0.15, 0.2) is 0 Å². The van der Waals surface area contributed by atoms with Crippen LogP contribution in [0.4, 0.5) is 0 Å². The Morgan fingerprint density at radius 2 is 1.12 bits per heavy atom. The Balaban J connectivity index is 0. The Kier molecular flexibility index (Phi) is 16.6. The predicted molar refractivity (Wildman–Crippen MR) is 43.0 cm³/mol. The van der Waals surface area contributed by atoms with E-state index in [2.05, 4.69) is 13.8 Å². The summed E-state index contributed by atoms with van der Waals surface area (Å²) in [6, 6.07) is 0. The molecule has 0 aliphatic rings. The van der Waals surface area contributed by atoms with Crippen molar-refractivity contribution in [3.8, 4) is 0 Å². The first-order valence-corrected chi connectivity index (χ1v) is 3.41. The van der Waals surface area contributed by atoms with E-state index in [9.17, 15) is 0 Å². The van der Waals surface area contributed by atoms with Gasteiger partial charge >= 0.3 is 37.7 Å². The van der Waals surface area contributed by atoms with Crippen molar-refractivity contribution in [2.45, 2.75) is 46.0 Å². The van der Waals surface area contributed by atoms with Crippen molar-refractivity contribution in [1.29, 1.82) is 0 Å². The van der Waals surface area contributed by atoms with Crippen LogP contribution >= 0.6 is 0 Å². The van der Waals surface area contributed by atoms with Crippen LogP contribution in [0.3, 0.4) is 0 Å². The SMILES string of the molecule is CCCCCCC.[CaH2]. The average molecular weight is 142 g/mol. The van der Waals surface area contributed by atoms with Crippen LogP contribution in [-0.4, -0.2) is 37.7 Å². The fourth-order valence-electron chi connectivity index (χ4n) is 0.677. The van der Waals surface area contributed by atoms with Crippen LogP contribution in [0.5, 0.6) is 0 Å². The van der Waals surface area contributed by atoms with Crippen molar-refractivity contribution in [2.24, 2.45) is 0 Å². The topological polar surface area (TPSA) is 0 Å². The molecule has 0 radical (unpaired) electrons. The standard InChI is InChI=1S/C7H16.Ca.2H/c1-3-5-7-6-4-2;;;/h3-7H2,1-2H3;;;. The summed E-state index contributed by atoms with van der Waals surface area (Å²) < 4.78 is 0. The molecule has 0 aromatic heterocycles. The Morgan fingerprint density at radius 3 is 1.38 bits per heavy atom. The molecule has 0 amide bonds. The van der Waals surface area contributed by atoms with Crippen LogP contribution in [0.1, 0.15) is 46.0 Å². The van der Waals surface area contributed by atoms with Crippen molar-refractivity contribution >= 4 is 37.7 Å². The summed E-state index contributed by atoms with van der Waals surface area (Å²) in [6.45, 7) is 4.49. The van der Waals surface area contributed by atoms with Gasteiger partial charge in [0.1, 0.15) is 0 Å². The first-order chi connectivity index (χ1) is 3.41. The van der Waals surface area contributed by atoms with Crippen molar-refractivity contribution < 1.29 is 0 Å². The fourth-order valence-corrected chi connectivity index (χ4v) is 0.677. The number of hydrogen-bond acceptors (Lipinski definition) is 0. The molecule has 0 aromatic rings. The minimum absolute atomic E-state index is 0. The van der Waals surface area contributed by atoms with E-state index in [0.29, 0.717) is 0 Å². The van der Waals surface area contributed by atoms with Crippen molar-refractivity contribution in [3.63, 3.8) is 0 Å². The van der Waals surface area contributed by atoms with Gasteiger partial charge in [0.25, 0.3) is 0 Å². The quantitative estimate of drug-likeness (QED) is 0.416. The van der Waals surface area contributed by atoms with Crippen LogP contribution in [0, 0.1) is 0 Å². The summed E-state index contributed by atoms with van der Waals surface area (Å²) in [5, 5.41) is 0. The second-order valence-electron chi connectivity index (χ2n) is 2.06. The summed E-state index contributed by atoms with van der Waals surface area (Å²) in [5.74, 6) is 0. The van der Waals surface area contributed by atoms with E-state index in [0.717, 1.165) is 0 Å². The summed E-state index contributed by atoms with van der Waals surface area (Å²) >= 11 is 0. The molecule has 0 aromatic carbocycles. The van der Waals surface area contributed by atoms with Gasteiger partial charge in [0.05, 0.1) is 0 Å². The Labute approximate surface area is 83.0 Å². The molecule has 48 valence electrons. The zero-order valence-electron chi connectivity index (χ0n) is 5.54. The molecular formula is C7H18Ca. The van der Waals surface area contributed by atoms with Gasteiger partial charge < -0.3 is 0 Å². The third kappa shape index (κ3) is 10.3. The summed E-state index contributed by atoms with van der Waals surface area (Å²) in [6.07, 6.45) is 7.01. The minimum atomic E-state index is 0. The van der Waals surface area contributed by atoms with E-state index in [-0.39, 0.29) is 37.7 Å². The van der Waals surface area contributed by atoms with Gasteiger partial charge in [-0.2, -0.15) is 0 Å². The van der Waals surface area contributed by atoms with Gasteiger partial charge in [-0.1, -0.05) is 46.0 Å². The molecule has 0 atom stereocenters. The predicted octanol–water partition coefficient (Wildman–Crippen LogP) is 2.06. The van der Waals surface area contributed by atoms with Gasteiger partial charge in [0.2, 0.25) is 0 Å². The van der Waals surface area contributed by atoms with E-state index >= 15 is 0 Å². The van der Waals surface area contributed by atoms with E-state index < -0.39 is 0 Å². The van der Waals surface area contributed by atoms with Crippen LogP contribution < -0.4 is 0 Å². The molecule has 0 nitrogen and oxygen atoms in total. The molecular weight excluding hydrogens is 124 g/mol. The monoisotopic (exact) mass is 142 g/mol. The van der Waals surface area contributed by atoms with Gasteiger partial charge in [-0.05, 0) is 0 Å². The number of unbranched alkanes of at least 4 members (excludes halogenated alkanes) is 4. The number of hydrogen-bond donors (Lipinski definition) is 0. The molecule has 0 N–H and O–H groups in total. The van der Waals surface area contributed by atoms with Crippen LogP contribution in [-0.2, 0) is 0 Å². The first kappa shape index (κ1) is 12.0. The Bertz CT molecular complexity index is 23.6. The van der Waals surface area contributed by atoms with Gasteiger partial charge in [0, 0.05) is 0 Å². The second kappa shape index (κ2) is 11.1. The molecule has 0 fully saturated rings. The maximum absolute atomic E-state index is 2.25. The number of rotatable bonds is 4. The zero-order valence-corrected chi connectivity index (χ0v) is 5.54. The summed E-state index contributed by atoms with van der Waals surface area (Å²) in [5.41, 5.74) is 0.